The van der Waals surface area contributed by atoms with Crippen LogP contribution in [-0.2, 0) is 16.6 Å². The number of thiazole rings is 1. The molecule has 1 fully saturated rings. The fraction of sp³-hybridized carbons (Fsp3) is 0.524. The average Bonchev–Trinajstić information content (AvgIpc) is 3.02. The van der Waals surface area contributed by atoms with Crippen LogP contribution in [0.1, 0.15) is 43.3 Å². The lowest BCUT2D eigenvalue weighted by atomic mass is 9.90. The first-order valence-corrected chi connectivity index (χ1v) is 11.4. The second-order valence-corrected chi connectivity index (χ2v) is 10.5. The number of likely N-dealkylation sites (N-methyl/N-ethyl adjacent to an activating group) is 1. The number of halogens is 2. The third-order valence-corrected chi connectivity index (χ3v) is 6.64. The maximum atomic E-state index is 12.6. The summed E-state index contributed by atoms with van der Waals surface area (Å²) in [6.07, 6.45) is 1.11. The van der Waals surface area contributed by atoms with Crippen LogP contribution < -0.4 is 10.6 Å². The molecule has 1 aliphatic heterocycles. The van der Waals surface area contributed by atoms with Crippen molar-refractivity contribution in [3.8, 4) is 0 Å². The van der Waals surface area contributed by atoms with Crippen molar-refractivity contribution in [2.24, 2.45) is 0 Å². The molecule has 0 bridgehead atoms. The summed E-state index contributed by atoms with van der Waals surface area (Å²) in [7, 11) is 2.06. The lowest BCUT2D eigenvalue weighted by Crippen LogP contribution is -2.50. The van der Waals surface area contributed by atoms with Gasteiger partial charge in [-0.05, 0) is 24.7 Å². The molecule has 2 N–H and O–H groups in total. The van der Waals surface area contributed by atoms with Crippen molar-refractivity contribution in [2.45, 2.75) is 45.1 Å². The van der Waals surface area contributed by atoms with Crippen molar-refractivity contribution < 1.29 is 4.79 Å². The normalized spacial score (nSPS) is 18.1. The van der Waals surface area contributed by atoms with Gasteiger partial charge in [0.1, 0.15) is 0 Å². The molecule has 1 aromatic carbocycles. The second kappa shape index (κ2) is 9.31. The number of anilines is 1. The number of piperazine rings is 1. The van der Waals surface area contributed by atoms with E-state index in [9.17, 15) is 4.79 Å². The number of rotatable bonds is 5. The quantitative estimate of drug-likeness (QED) is 0.694. The fourth-order valence-electron chi connectivity index (χ4n) is 3.42. The molecule has 8 heteroatoms. The van der Waals surface area contributed by atoms with E-state index < -0.39 is 0 Å². The van der Waals surface area contributed by atoms with E-state index in [0.717, 1.165) is 35.8 Å². The summed E-state index contributed by atoms with van der Waals surface area (Å²) in [5, 5.41) is 8.27. The van der Waals surface area contributed by atoms with Crippen LogP contribution in [0, 0.1) is 0 Å². The summed E-state index contributed by atoms with van der Waals surface area (Å²) in [4.78, 5) is 20.7. The molecule has 0 saturated carbocycles. The largest absolute Gasteiger partial charge is 0.314 e. The summed E-state index contributed by atoms with van der Waals surface area (Å²) in [6, 6.07) is 5.75. The van der Waals surface area contributed by atoms with Gasteiger partial charge in [-0.3, -0.25) is 4.79 Å². The van der Waals surface area contributed by atoms with Gasteiger partial charge >= 0.3 is 0 Å². The SMILES string of the molecule is CN1CCNCC1CC(=O)Nc1nc(C(C)(C)C)c(Cc2ccc(Cl)cc2Cl)s1. The van der Waals surface area contributed by atoms with Crippen LogP contribution in [0.25, 0.3) is 0 Å². The van der Waals surface area contributed by atoms with Crippen molar-refractivity contribution in [1.29, 1.82) is 0 Å². The van der Waals surface area contributed by atoms with E-state index >= 15 is 0 Å². The Morgan fingerprint density at radius 2 is 2.14 bits per heavy atom. The Labute approximate surface area is 186 Å². The van der Waals surface area contributed by atoms with Crippen LogP contribution >= 0.6 is 34.5 Å². The number of amides is 1. The second-order valence-electron chi connectivity index (χ2n) is 8.54. The van der Waals surface area contributed by atoms with Crippen molar-refractivity contribution in [2.75, 3.05) is 32.0 Å². The molecular formula is C21H28Cl2N4OS. The Balaban J connectivity index is 1.77. The molecule has 0 radical (unpaired) electrons. The van der Waals surface area contributed by atoms with Gasteiger partial charge in [0.2, 0.25) is 5.91 Å². The van der Waals surface area contributed by atoms with E-state index in [1.807, 2.05) is 12.1 Å². The molecular weight excluding hydrogens is 427 g/mol. The number of carbonyl (C=O) groups excluding carboxylic acids is 1. The van der Waals surface area contributed by atoms with E-state index in [0.29, 0.717) is 28.0 Å². The van der Waals surface area contributed by atoms with E-state index in [1.165, 1.54) is 11.3 Å². The minimum atomic E-state index is -0.138. The standard InChI is InChI=1S/C21H28Cl2N4OS/c1-21(2,3)19-17(9-13-5-6-14(22)10-16(13)23)29-20(26-19)25-18(28)11-15-12-24-7-8-27(15)4/h5-6,10,15,24H,7-9,11-12H2,1-4H3,(H,25,26,28). The number of aromatic nitrogens is 1. The Kier molecular flexibility index (Phi) is 7.23. The molecule has 2 aromatic rings. The highest BCUT2D eigenvalue weighted by Crippen LogP contribution is 2.35. The molecule has 1 unspecified atom stereocenters. The monoisotopic (exact) mass is 454 g/mol. The Bertz CT molecular complexity index is 878. The number of hydrogen-bond donors (Lipinski definition) is 2. The predicted octanol–water partition coefficient (Wildman–Crippen LogP) is 4.57. The number of hydrogen-bond acceptors (Lipinski definition) is 5. The third-order valence-electron chi connectivity index (χ3n) is 5.09. The van der Waals surface area contributed by atoms with Crippen molar-refractivity contribution in [3.05, 3.63) is 44.4 Å². The van der Waals surface area contributed by atoms with E-state index in [1.54, 1.807) is 6.07 Å². The first-order chi connectivity index (χ1) is 13.6. The molecule has 29 heavy (non-hydrogen) atoms. The molecule has 5 nitrogen and oxygen atoms in total. The number of carbonyl (C=O) groups is 1. The zero-order valence-corrected chi connectivity index (χ0v) is 19.6. The average molecular weight is 455 g/mol. The van der Waals surface area contributed by atoms with Crippen LogP contribution in [0.4, 0.5) is 5.13 Å². The number of benzene rings is 1. The highest BCUT2D eigenvalue weighted by atomic mass is 35.5. The molecule has 1 aliphatic rings. The van der Waals surface area contributed by atoms with E-state index in [-0.39, 0.29) is 17.4 Å². The maximum absolute atomic E-state index is 12.6. The molecule has 1 amide bonds. The summed E-state index contributed by atoms with van der Waals surface area (Å²) < 4.78 is 0. The minimum Gasteiger partial charge on any atom is -0.314 e. The first-order valence-electron chi connectivity index (χ1n) is 9.78. The highest BCUT2D eigenvalue weighted by Gasteiger charge is 2.26. The zero-order chi connectivity index (χ0) is 21.2. The highest BCUT2D eigenvalue weighted by molar-refractivity contribution is 7.15. The summed E-state index contributed by atoms with van der Waals surface area (Å²) in [6.45, 7) is 9.13. The predicted molar refractivity (Wildman–Crippen MR) is 123 cm³/mol. The van der Waals surface area contributed by atoms with Crippen molar-refractivity contribution in [1.82, 2.24) is 15.2 Å². The van der Waals surface area contributed by atoms with Crippen LogP contribution in [0.5, 0.6) is 0 Å². The van der Waals surface area contributed by atoms with Gasteiger partial charge in [0.15, 0.2) is 5.13 Å². The Morgan fingerprint density at radius 1 is 1.38 bits per heavy atom. The molecule has 2 heterocycles. The van der Waals surface area contributed by atoms with Gasteiger partial charge in [-0.15, -0.1) is 11.3 Å². The van der Waals surface area contributed by atoms with Gasteiger partial charge in [0.25, 0.3) is 0 Å². The topological polar surface area (TPSA) is 57.3 Å². The first kappa shape index (κ1) is 22.5. The van der Waals surface area contributed by atoms with Gasteiger partial charge in [-0.1, -0.05) is 50.0 Å². The van der Waals surface area contributed by atoms with Crippen LogP contribution in [0.3, 0.4) is 0 Å². The lowest BCUT2D eigenvalue weighted by molar-refractivity contribution is -0.117. The van der Waals surface area contributed by atoms with Gasteiger partial charge in [-0.2, -0.15) is 0 Å². The lowest BCUT2D eigenvalue weighted by Gasteiger charge is -2.32. The van der Waals surface area contributed by atoms with Gasteiger partial charge < -0.3 is 15.5 Å². The van der Waals surface area contributed by atoms with Crippen LogP contribution in [0.2, 0.25) is 10.0 Å². The summed E-state index contributed by atoms with van der Waals surface area (Å²) >= 11 is 13.9. The third kappa shape index (κ3) is 5.92. The number of nitrogens with zero attached hydrogens (tertiary/aromatic N) is 2. The van der Waals surface area contributed by atoms with Gasteiger partial charge in [0, 0.05) is 58.9 Å². The molecule has 1 aromatic heterocycles. The van der Waals surface area contributed by atoms with E-state index in [2.05, 4.69) is 43.4 Å². The fourth-order valence-corrected chi connectivity index (χ4v) is 5.11. The minimum absolute atomic E-state index is 0.00386. The molecule has 0 aliphatic carbocycles. The Hall–Kier alpha value is -1.18. The molecule has 158 valence electrons. The smallest absolute Gasteiger partial charge is 0.227 e. The van der Waals surface area contributed by atoms with Crippen LogP contribution in [-0.4, -0.2) is 48.5 Å². The van der Waals surface area contributed by atoms with Crippen molar-refractivity contribution >= 4 is 45.6 Å². The van der Waals surface area contributed by atoms with Gasteiger partial charge in [-0.25, -0.2) is 4.98 Å². The van der Waals surface area contributed by atoms with Gasteiger partial charge in [0.05, 0.1) is 5.69 Å². The molecule has 1 atom stereocenters. The number of nitrogens with one attached hydrogen (secondary N) is 2. The summed E-state index contributed by atoms with van der Waals surface area (Å²) in [5.41, 5.74) is 1.85. The van der Waals surface area contributed by atoms with Crippen LogP contribution in [0.15, 0.2) is 18.2 Å². The molecule has 1 saturated heterocycles. The Morgan fingerprint density at radius 3 is 2.79 bits per heavy atom. The van der Waals surface area contributed by atoms with E-state index in [4.69, 9.17) is 28.2 Å². The molecule has 0 spiro atoms. The molecule has 3 rings (SSSR count). The van der Waals surface area contributed by atoms with Crippen molar-refractivity contribution in [3.63, 3.8) is 0 Å². The maximum Gasteiger partial charge on any atom is 0.227 e. The zero-order valence-electron chi connectivity index (χ0n) is 17.3. The summed E-state index contributed by atoms with van der Waals surface area (Å²) in [5.74, 6) is -0.00386.